The molecule has 55 heavy (non-hydrogen) atoms. The predicted molar refractivity (Wildman–Crippen MR) is 192 cm³/mol. The van der Waals surface area contributed by atoms with Gasteiger partial charge in [-0.3, -0.25) is 24.5 Å². The molecule has 0 spiro atoms. The first-order valence-electron chi connectivity index (χ1n) is 18.5. The van der Waals surface area contributed by atoms with Crippen molar-refractivity contribution in [1.82, 2.24) is 10.2 Å². The summed E-state index contributed by atoms with van der Waals surface area (Å²) in [4.78, 5) is 49.9. The Bertz CT molecular complexity index is 1750. The Morgan fingerprint density at radius 2 is 1.60 bits per heavy atom. The summed E-state index contributed by atoms with van der Waals surface area (Å²) in [6.07, 6.45) is -2.67. The minimum Gasteiger partial charge on any atom is -0.494 e. The number of benzene rings is 2. The third-order valence-corrected chi connectivity index (χ3v) is 10.1. The van der Waals surface area contributed by atoms with Crippen molar-refractivity contribution >= 4 is 23.8 Å². The minimum absolute atomic E-state index is 0.159. The monoisotopic (exact) mass is 769 g/mol. The summed E-state index contributed by atoms with van der Waals surface area (Å²) in [7, 11) is 0. The van der Waals surface area contributed by atoms with Crippen LogP contribution in [0.1, 0.15) is 82.2 Å². The van der Waals surface area contributed by atoms with Gasteiger partial charge in [-0.15, -0.1) is 0 Å². The lowest BCUT2D eigenvalue weighted by atomic mass is 9.88. The second-order valence-electron chi connectivity index (χ2n) is 14.5. The summed E-state index contributed by atoms with van der Waals surface area (Å²) in [5, 5.41) is 12.4. The van der Waals surface area contributed by atoms with Gasteiger partial charge in [-0.1, -0.05) is 37.3 Å². The van der Waals surface area contributed by atoms with Crippen molar-refractivity contribution in [1.29, 1.82) is 5.26 Å². The average Bonchev–Trinajstić information content (AvgIpc) is 3.44. The van der Waals surface area contributed by atoms with E-state index in [9.17, 15) is 33.2 Å². The highest BCUT2D eigenvalue weighted by Crippen LogP contribution is 2.38. The van der Waals surface area contributed by atoms with Crippen LogP contribution in [-0.4, -0.2) is 104 Å². The van der Waals surface area contributed by atoms with Crippen molar-refractivity contribution in [3.8, 4) is 11.8 Å². The van der Waals surface area contributed by atoms with Gasteiger partial charge in [0.2, 0.25) is 5.91 Å². The van der Waals surface area contributed by atoms with Crippen molar-refractivity contribution in [2.24, 2.45) is 0 Å². The molecule has 0 saturated carbocycles. The fourth-order valence-electron chi connectivity index (χ4n) is 7.38. The van der Waals surface area contributed by atoms with Gasteiger partial charge in [0.1, 0.15) is 17.9 Å². The van der Waals surface area contributed by atoms with Crippen LogP contribution in [0.4, 0.5) is 8.78 Å². The number of esters is 3. The van der Waals surface area contributed by atoms with Crippen LogP contribution in [-0.2, 0) is 55.7 Å². The van der Waals surface area contributed by atoms with Gasteiger partial charge < -0.3 is 33.3 Å². The van der Waals surface area contributed by atoms with Gasteiger partial charge in [0.05, 0.1) is 50.6 Å². The molecular weight excluding hydrogens is 720 g/mol. The number of aryl methyl sites for hydroxylation is 1. The van der Waals surface area contributed by atoms with E-state index in [1.165, 1.54) is 20.8 Å². The molecule has 1 amide bonds. The quantitative estimate of drug-likeness (QED) is 0.155. The Kier molecular flexibility index (Phi) is 13.5. The summed E-state index contributed by atoms with van der Waals surface area (Å²) in [5.74, 6) is -4.73. The first-order valence-corrected chi connectivity index (χ1v) is 18.5. The van der Waals surface area contributed by atoms with Crippen molar-refractivity contribution in [3.05, 3.63) is 64.7 Å². The molecule has 298 valence electrons. The summed E-state index contributed by atoms with van der Waals surface area (Å²) in [5.41, 5.74) is 3.40. The van der Waals surface area contributed by atoms with Crippen molar-refractivity contribution in [3.63, 3.8) is 0 Å². The molecule has 15 heteroatoms. The number of nitrogens with one attached hydrogen (secondary N) is 1. The van der Waals surface area contributed by atoms with Crippen molar-refractivity contribution in [2.45, 2.75) is 115 Å². The molecule has 3 aliphatic heterocycles. The second-order valence-corrected chi connectivity index (χ2v) is 14.5. The lowest BCUT2D eigenvalue weighted by molar-refractivity contribution is -0.245. The highest BCUT2D eigenvalue weighted by atomic mass is 19.3. The van der Waals surface area contributed by atoms with Crippen LogP contribution in [0.3, 0.4) is 0 Å². The molecule has 3 fully saturated rings. The van der Waals surface area contributed by atoms with Gasteiger partial charge in [-0.2, -0.15) is 5.26 Å². The van der Waals surface area contributed by atoms with Crippen LogP contribution in [0.25, 0.3) is 0 Å². The molecule has 0 aliphatic carbocycles. The second kappa shape index (κ2) is 17.9. The number of amides is 1. The van der Waals surface area contributed by atoms with Crippen LogP contribution >= 0.6 is 0 Å². The minimum atomic E-state index is -3.06. The van der Waals surface area contributed by atoms with E-state index in [-0.39, 0.29) is 6.54 Å². The van der Waals surface area contributed by atoms with E-state index in [1.807, 2.05) is 42.5 Å². The number of likely N-dealkylation sites (tertiary alicyclic amines) is 1. The summed E-state index contributed by atoms with van der Waals surface area (Å²) in [6, 6.07) is 14.3. The Labute approximate surface area is 319 Å². The maximum absolute atomic E-state index is 13.8. The third kappa shape index (κ3) is 10.6. The molecule has 2 aromatic rings. The number of carbonyl (C=O) groups is 4. The van der Waals surface area contributed by atoms with Gasteiger partial charge in [0.25, 0.3) is 5.92 Å². The van der Waals surface area contributed by atoms with Gasteiger partial charge in [0, 0.05) is 27.2 Å². The fraction of sp³-hybridized carbons (Fsp3) is 0.575. The number of carbonyl (C=O) groups excluding carboxylic acids is 4. The molecule has 1 N–H and O–H groups in total. The molecule has 3 heterocycles. The van der Waals surface area contributed by atoms with Crippen molar-refractivity contribution in [2.75, 3.05) is 32.9 Å². The van der Waals surface area contributed by atoms with E-state index in [4.69, 9.17) is 28.4 Å². The maximum atomic E-state index is 13.8. The first-order chi connectivity index (χ1) is 26.1. The number of hydrogen-bond acceptors (Lipinski definition) is 12. The third-order valence-electron chi connectivity index (χ3n) is 10.1. The molecule has 0 aromatic heterocycles. The van der Waals surface area contributed by atoms with Crippen LogP contribution in [0.15, 0.2) is 42.5 Å². The summed E-state index contributed by atoms with van der Waals surface area (Å²) < 4.78 is 62.1. The number of halogens is 2. The predicted octanol–water partition coefficient (Wildman–Crippen LogP) is 4.37. The molecule has 0 bridgehead atoms. The van der Waals surface area contributed by atoms with Gasteiger partial charge in [-0.25, -0.2) is 8.78 Å². The smallest absolute Gasteiger partial charge is 0.303 e. The molecule has 3 saturated heterocycles. The summed E-state index contributed by atoms with van der Waals surface area (Å²) in [6.45, 7) is 7.75. The van der Waals surface area contributed by atoms with E-state index in [0.717, 1.165) is 28.0 Å². The highest BCUT2D eigenvalue weighted by Gasteiger charge is 2.51. The zero-order valence-corrected chi connectivity index (χ0v) is 31.8. The van der Waals surface area contributed by atoms with E-state index < -0.39 is 84.8 Å². The van der Waals surface area contributed by atoms with Crippen LogP contribution in [0, 0.1) is 11.3 Å². The van der Waals surface area contributed by atoms with Gasteiger partial charge >= 0.3 is 17.9 Å². The molecule has 5 rings (SSSR count). The topological polar surface area (TPSA) is 163 Å². The number of ether oxygens (including phenoxy) is 6. The standard InChI is InChI=1S/C40H49F2N3O10/c1-6-29-10-11-30(36-38(55-27(5)48)37(54-26(4)47)35(24(2)52-36)53-25(3)46)17-31(29)16-28-8-12-33(13-9-28)51-15-7-14-39(22-50-23-39)44-20-34(49)45-21-40(41,42)18-32(45)19-43/h8-13,17,24,32,35-38,44H,6-7,14-16,18,20-23H2,1-5H3/t24-,32+,35-,36+,37+,38+/m1/s1. The molecule has 6 atom stereocenters. The van der Waals surface area contributed by atoms with Crippen molar-refractivity contribution < 1.29 is 56.4 Å². The number of rotatable bonds is 15. The van der Waals surface area contributed by atoms with E-state index in [2.05, 4.69) is 12.2 Å². The Morgan fingerprint density at radius 1 is 0.945 bits per heavy atom. The lowest BCUT2D eigenvalue weighted by Crippen LogP contribution is -2.62. The molecular formula is C40H49F2N3O10. The fourth-order valence-corrected chi connectivity index (χ4v) is 7.38. The van der Waals surface area contributed by atoms with Gasteiger partial charge in [0.15, 0.2) is 18.3 Å². The number of alkyl halides is 2. The van der Waals surface area contributed by atoms with E-state index in [0.29, 0.717) is 50.4 Å². The first kappa shape index (κ1) is 41.5. The van der Waals surface area contributed by atoms with E-state index >= 15 is 0 Å². The van der Waals surface area contributed by atoms with Crippen LogP contribution in [0.5, 0.6) is 5.75 Å². The zero-order chi connectivity index (χ0) is 39.9. The zero-order valence-electron chi connectivity index (χ0n) is 31.8. The maximum Gasteiger partial charge on any atom is 0.303 e. The Morgan fingerprint density at radius 3 is 2.20 bits per heavy atom. The Hall–Kier alpha value is -4.65. The average molecular weight is 770 g/mol. The number of nitriles is 1. The SMILES string of the molecule is CCc1ccc([C@@H]2O[C@H](C)[C@@H](OC(C)=O)[C@H](OC(C)=O)[C@H]2OC(C)=O)cc1Cc1ccc(OCCCC2(NCC(=O)N3CC(F)(F)C[C@H]3C#N)COC2)cc1. The lowest BCUT2D eigenvalue weighted by Gasteiger charge is -2.44. The molecule has 0 radical (unpaired) electrons. The number of nitrogens with zero attached hydrogens (tertiary/aromatic N) is 2. The molecule has 13 nitrogen and oxygen atoms in total. The highest BCUT2D eigenvalue weighted by molar-refractivity contribution is 5.79. The molecule has 2 aromatic carbocycles. The number of hydrogen-bond donors (Lipinski definition) is 1. The molecule has 3 aliphatic rings. The normalized spacial score (nSPS) is 25.2. The Balaban J connectivity index is 1.19. The van der Waals surface area contributed by atoms with Crippen LogP contribution < -0.4 is 10.1 Å². The van der Waals surface area contributed by atoms with Gasteiger partial charge in [-0.05, 0) is 67.0 Å². The molecule has 0 unspecified atom stereocenters. The van der Waals surface area contributed by atoms with E-state index in [1.54, 1.807) is 13.0 Å². The summed E-state index contributed by atoms with van der Waals surface area (Å²) >= 11 is 0. The largest absolute Gasteiger partial charge is 0.494 e. The van der Waals surface area contributed by atoms with Crippen LogP contribution in [0.2, 0.25) is 0 Å².